The van der Waals surface area contributed by atoms with Crippen molar-refractivity contribution < 1.29 is 13.2 Å². The van der Waals surface area contributed by atoms with Crippen LogP contribution in [0.3, 0.4) is 0 Å². The molecular formula is C15H17F3N2. The summed E-state index contributed by atoms with van der Waals surface area (Å²) in [7, 11) is 0. The summed E-state index contributed by atoms with van der Waals surface area (Å²) >= 11 is 0. The van der Waals surface area contributed by atoms with Crippen molar-refractivity contribution in [1.82, 2.24) is 4.98 Å². The van der Waals surface area contributed by atoms with Crippen LogP contribution in [-0.4, -0.2) is 4.98 Å². The number of nitrogens with two attached hydrogens (primary N) is 1. The van der Waals surface area contributed by atoms with Crippen molar-refractivity contribution in [1.29, 1.82) is 0 Å². The highest BCUT2D eigenvalue weighted by Crippen LogP contribution is 2.35. The van der Waals surface area contributed by atoms with Gasteiger partial charge in [0.2, 0.25) is 0 Å². The fraction of sp³-hybridized carbons (Fsp3) is 0.400. The maximum atomic E-state index is 12.7. The third kappa shape index (κ3) is 2.63. The Labute approximate surface area is 115 Å². The quantitative estimate of drug-likeness (QED) is 0.858. The minimum Gasteiger partial charge on any atom is -0.326 e. The lowest BCUT2D eigenvalue weighted by Gasteiger charge is -2.24. The zero-order valence-electron chi connectivity index (χ0n) is 11.7. The Bertz CT molecular complexity index is 640. The second-order valence-electron chi connectivity index (χ2n) is 5.84. The van der Waals surface area contributed by atoms with Gasteiger partial charge in [0.15, 0.2) is 0 Å². The standard InChI is InChI=1S/C15H17F3N2/c1-14(2,3)13-9(7-19)8-20-12-6-10(15(16,17)18)4-5-11(12)13/h4-6,8H,7,19H2,1-3H3. The largest absolute Gasteiger partial charge is 0.416 e. The Hall–Kier alpha value is -1.62. The highest BCUT2D eigenvalue weighted by Gasteiger charge is 2.31. The molecule has 5 heteroatoms. The summed E-state index contributed by atoms with van der Waals surface area (Å²) in [6.07, 6.45) is -2.78. The molecule has 0 saturated heterocycles. The van der Waals surface area contributed by atoms with Crippen LogP contribution >= 0.6 is 0 Å². The highest BCUT2D eigenvalue weighted by molar-refractivity contribution is 5.85. The Morgan fingerprint density at radius 3 is 2.30 bits per heavy atom. The molecule has 0 bridgehead atoms. The lowest BCUT2D eigenvalue weighted by atomic mass is 9.81. The summed E-state index contributed by atoms with van der Waals surface area (Å²) in [4.78, 5) is 4.12. The van der Waals surface area contributed by atoms with Gasteiger partial charge in [-0.3, -0.25) is 4.98 Å². The van der Waals surface area contributed by atoms with Gasteiger partial charge in [0, 0.05) is 18.1 Å². The summed E-state index contributed by atoms with van der Waals surface area (Å²) in [5, 5.41) is 0.730. The number of nitrogens with zero attached hydrogens (tertiary/aromatic N) is 1. The van der Waals surface area contributed by atoms with Crippen LogP contribution in [0.2, 0.25) is 0 Å². The molecule has 20 heavy (non-hydrogen) atoms. The molecular weight excluding hydrogens is 265 g/mol. The number of hydrogen-bond acceptors (Lipinski definition) is 2. The van der Waals surface area contributed by atoms with Gasteiger partial charge >= 0.3 is 6.18 Å². The Morgan fingerprint density at radius 1 is 1.15 bits per heavy atom. The molecule has 2 aromatic rings. The molecule has 108 valence electrons. The first-order valence-electron chi connectivity index (χ1n) is 6.34. The molecule has 0 unspecified atom stereocenters. The second kappa shape index (κ2) is 4.74. The third-order valence-corrected chi connectivity index (χ3v) is 3.24. The molecule has 0 spiro atoms. The molecule has 1 heterocycles. The zero-order chi connectivity index (χ0) is 15.1. The number of aromatic nitrogens is 1. The van der Waals surface area contributed by atoms with E-state index in [1.807, 2.05) is 20.8 Å². The van der Waals surface area contributed by atoms with Gasteiger partial charge in [0.05, 0.1) is 11.1 Å². The van der Waals surface area contributed by atoms with E-state index in [4.69, 9.17) is 5.73 Å². The SMILES string of the molecule is CC(C)(C)c1c(CN)cnc2cc(C(F)(F)F)ccc12. The first-order chi connectivity index (χ1) is 9.14. The van der Waals surface area contributed by atoms with Crippen molar-refractivity contribution in [3.05, 3.63) is 41.1 Å². The van der Waals surface area contributed by atoms with Crippen LogP contribution in [0.5, 0.6) is 0 Å². The van der Waals surface area contributed by atoms with Gasteiger partial charge in [0.25, 0.3) is 0 Å². The monoisotopic (exact) mass is 282 g/mol. The summed E-state index contributed by atoms with van der Waals surface area (Å²) in [5.74, 6) is 0. The molecule has 2 rings (SSSR count). The molecule has 0 atom stereocenters. The second-order valence-corrected chi connectivity index (χ2v) is 5.84. The van der Waals surface area contributed by atoms with E-state index in [1.165, 1.54) is 6.07 Å². The molecule has 0 aliphatic rings. The molecule has 0 radical (unpaired) electrons. The maximum absolute atomic E-state index is 12.7. The fourth-order valence-corrected chi connectivity index (χ4v) is 2.45. The maximum Gasteiger partial charge on any atom is 0.416 e. The van der Waals surface area contributed by atoms with E-state index >= 15 is 0 Å². The van der Waals surface area contributed by atoms with E-state index in [9.17, 15) is 13.2 Å². The first kappa shape index (κ1) is 14.8. The number of halogens is 3. The van der Waals surface area contributed by atoms with Gasteiger partial charge < -0.3 is 5.73 Å². The molecule has 0 fully saturated rings. The first-order valence-corrected chi connectivity index (χ1v) is 6.34. The fourth-order valence-electron chi connectivity index (χ4n) is 2.45. The Balaban J connectivity index is 2.77. The van der Waals surface area contributed by atoms with Gasteiger partial charge in [-0.25, -0.2) is 0 Å². The zero-order valence-corrected chi connectivity index (χ0v) is 11.7. The molecule has 1 aromatic carbocycles. The van der Waals surface area contributed by atoms with Crippen LogP contribution in [0.25, 0.3) is 10.9 Å². The van der Waals surface area contributed by atoms with Crippen molar-refractivity contribution in [2.75, 3.05) is 0 Å². The highest BCUT2D eigenvalue weighted by atomic mass is 19.4. The van der Waals surface area contributed by atoms with Gasteiger partial charge in [-0.2, -0.15) is 13.2 Å². The average molecular weight is 282 g/mol. The van der Waals surface area contributed by atoms with Crippen molar-refractivity contribution in [2.24, 2.45) is 5.73 Å². The minimum absolute atomic E-state index is 0.213. The van der Waals surface area contributed by atoms with E-state index in [-0.39, 0.29) is 5.41 Å². The van der Waals surface area contributed by atoms with Crippen molar-refractivity contribution in [2.45, 2.75) is 38.9 Å². The smallest absolute Gasteiger partial charge is 0.326 e. The van der Waals surface area contributed by atoms with E-state index in [2.05, 4.69) is 4.98 Å². The predicted molar refractivity (Wildman–Crippen MR) is 73.3 cm³/mol. The molecule has 0 aliphatic heterocycles. The summed E-state index contributed by atoms with van der Waals surface area (Å²) in [6.45, 7) is 6.35. The van der Waals surface area contributed by atoms with E-state index < -0.39 is 11.7 Å². The number of hydrogen-bond donors (Lipinski definition) is 1. The number of fused-ring (bicyclic) bond motifs is 1. The van der Waals surface area contributed by atoms with E-state index in [1.54, 1.807) is 6.20 Å². The average Bonchev–Trinajstić information content (AvgIpc) is 2.34. The lowest BCUT2D eigenvalue weighted by Crippen LogP contribution is -2.17. The number of pyridine rings is 1. The van der Waals surface area contributed by atoms with Crippen LogP contribution in [0.1, 0.15) is 37.5 Å². The summed E-state index contributed by atoms with van der Waals surface area (Å²) in [6, 6.07) is 3.68. The third-order valence-electron chi connectivity index (χ3n) is 3.24. The van der Waals surface area contributed by atoms with Crippen LogP contribution in [-0.2, 0) is 18.1 Å². The van der Waals surface area contributed by atoms with Gasteiger partial charge in [0.1, 0.15) is 0 Å². The lowest BCUT2D eigenvalue weighted by molar-refractivity contribution is -0.137. The molecule has 0 aliphatic carbocycles. The van der Waals surface area contributed by atoms with E-state index in [0.717, 1.165) is 28.6 Å². The predicted octanol–water partition coefficient (Wildman–Crippen LogP) is 4.01. The van der Waals surface area contributed by atoms with Gasteiger partial charge in [-0.1, -0.05) is 26.8 Å². The van der Waals surface area contributed by atoms with Gasteiger partial charge in [-0.05, 0) is 28.7 Å². The van der Waals surface area contributed by atoms with Crippen LogP contribution in [0.15, 0.2) is 24.4 Å². The number of rotatable bonds is 1. The molecule has 2 N–H and O–H groups in total. The molecule has 2 nitrogen and oxygen atoms in total. The molecule has 1 aromatic heterocycles. The van der Waals surface area contributed by atoms with Gasteiger partial charge in [-0.15, -0.1) is 0 Å². The van der Waals surface area contributed by atoms with Crippen molar-refractivity contribution in [3.63, 3.8) is 0 Å². The number of alkyl halides is 3. The van der Waals surface area contributed by atoms with Crippen LogP contribution < -0.4 is 5.73 Å². The van der Waals surface area contributed by atoms with Crippen LogP contribution in [0, 0.1) is 0 Å². The van der Waals surface area contributed by atoms with Crippen LogP contribution in [0.4, 0.5) is 13.2 Å². The molecule has 0 saturated carbocycles. The minimum atomic E-state index is -4.36. The normalized spacial score (nSPS) is 12.9. The topological polar surface area (TPSA) is 38.9 Å². The summed E-state index contributed by atoms with van der Waals surface area (Å²) < 4.78 is 38.2. The number of benzene rings is 1. The summed E-state index contributed by atoms with van der Waals surface area (Å²) in [5.41, 5.74) is 6.99. The Morgan fingerprint density at radius 2 is 1.80 bits per heavy atom. The van der Waals surface area contributed by atoms with E-state index in [0.29, 0.717) is 12.1 Å². The molecule has 0 amide bonds. The van der Waals surface area contributed by atoms with Crippen molar-refractivity contribution in [3.8, 4) is 0 Å². The Kier molecular flexibility index (Phi) is 3.50. The van der Waals surface area contributed by atoms with Crippen molar-refractivity contribution >= 4 is 10.9 Å².